The van der Waals surface area contributed by atoms with Gasteiger partial charge in [0.05, 0.1) is 25.8 Å². The predicted molar refractivity (Wildman–Crippen MR) is 77.2 cm³/mol. The summed E-state index contributed by atoms with van der Waals surface area (Å²) in [5.41, 5.74) is 0. The van der Waals surface area contributed by atoms with E-state index >= 15 is 0 Å². The summed E-state index contributed by atoms with van der Waals surface area (Å²) in [7, 11) is 0. The standard InChI is InChI=1S/C14H26N4O2/c1-2-5-16-14(19)13-18(6-3-4-15)8-7-17-9-11-20-12-10-17/h2-3,5-13H2,1H3,(H,16,19). The molecule has 1 fully saturated rings. The fourth-order valence-electron chi connectivity index (χ4n) is 2.11. The van der Waals surface area contributed by atoms with Crippen LogP contribution >= 0.6 is 0 Å². The topological polar surface area (TPSA) is 68.6 Å². The third-order valence-corrected chi connectivity index (χ3v) is 3.32. The Labute approximate surface area is 121 Å². The van der Waals surface area contributed by atoms with Gasteiger partial charge in [-0.2, -0.15) is 5.26 Å². The lowest BCUT2D eigenvalue weighted by Crippen LogP contribution is -2.44. The van der Waals surface area contributed by atoms with Crippen LogP contribution in [0.3, 0.4) is 0 Å². The Morgan fingerprint density at radius 2 is 2.15 bits per heavy atom. The van der Waals surface area contributed by atoms with Crippen molar-refractivity contribution in [2.75, 3.05) is 59.0 Å². The Kier molecular flexibility index (Phi) is 8.96. The predicted octanol–water partition coefficient (Wildman–Crippen LogP) is 0.0605. The minimum atomic E-state index is 0.0479. The first-order valence-electron chi connectivity index (χ1n) is 7.42. The minimum absolute atomic E-state index is 0.0479. The SMILES string of the molecule is CCCNC(=O)CN(CCC#N)CCN1CCOCC1. The van der Waals surface area contributed by atoms with E-state index in [1.165, 1.54) is 0 Å². The lowest BCUT2D eigenvalue weighted by Gasteiger charge is -2.29. The normalized spacial score (nSPS) is 16.1. The lowest BCUT2D eigenvalue weighted by atomic mass is 10.3. The van der Waals surface area contributed by atoms with Crippen LogP contribution in [0.4, 0.5) is 0 Å². The van der Waals surface area contributed by atoms with E-state index in [1.54, 1.807) is 0 Å². The summed E-state index contributed by atoms with van der Waals surface area (Å²) in [5.74, 6) is 0.0479. The van der Waals surface area contributed by atoms with Gasteiger partial charge in [-0.3, -0.25) is 14.6 Å². The molecule has 1 aliphatic heterocycles. The highest BCUT2D eigenvalue weighted by Gasteiger charge is 2.14. The van der Waals surface area contributed by atoms with Crippen molar-refractivity contribution in [3.8, 4) is 6.07 Å². The molecule has 1 heterocycles. The molecule has 1 N–H and O–H groups in total. The van der Waals surface area contributed by atoms with Crippen LogP contribution in [0.1, 0.15) is 19.8 Å². The van der Waals surface area contributed by atoms with Gasteiger partial charge in [-0.1, -0.05) is 6.92 Å². The van der Waals surface area contributed by atoms with Crippen LogP contribution in [0.5, 0.6) is 0 Å². The summed E-state index contributed by atoms with van der Waals surface area (Å²) in [6, 6.07) is 2.15. The molecule has 0 aromatic carbocycles. The number of nitrogens with zero attached hydrogens (tertiary/aromatic N) is 3. The first kappa shape index (κ1) is 16.9. The zero-order valence-electron chi connectivity index (χ0n) is 12.4. The van der Waals surface area contributed by atoms with Crippen molar-refractivity contribution in [2.45, 2.75) is 19.8 Å². The van der Waals surface area contributed by atoms with E-state index in [9.17, 15) is 4.79 Å². The van der Waals surface area contributed by atoms with Crippen LogP contribution < -0.4 is 5.32 Å². The van der Waals surface area contributed by atoms with Gasteiger partial charge in [-0.15, -0.1) is 0 Å². The zero-order chi connectivity index (χ0) is 14.6. The molecule has 1 saturated heterocycles. The smallest absolute Gasteiger partial charge is 0.234 e. The Balaban J connectivity index is 2.30. The first-order valence-corrected chi connectivity index (χ1v) is 7.42. The Hall–Kier alpha value is -1.16. The van der Waals surface area contributed by atoms with Crippen molar-refractivity contribution < 1.29 is 9.53 Å². The lowest BCUT2D eigenvalue weighted by molar-refractivity contribution is -0.122. The van der Waals surface area contributed by atoms with E-state index in [2.05, 4.69) is 21.2 Å². The molecule has 0 spiro atoms. The molecule has 0 bridgehead atoms. The van der Waals surface area contributed by atoms with Crippen LogP contribution in [-0.2, 0) is 9.53 Å². The first-order chi connectivity index (χ1) is 9.76. The maximum Gasteiger partial charge on any atom is 0.234 e. The van der Waals surface area contributed by atoms with E-state index in [0.717, 1.165) is 45.8 Å². The van der Waals surface area contributed by atoms with Crippen molar-refractivity contribution in [1.82, 2.24) is 15.1 Å². The summed E-state index contributed by atoms with van der Waals surface area (Å²) in [4.78, 5) is 16.2. The van der Waals surface area contributed by atoms with Crippen LogP contribution in [0.25, 0.3) is 0 Å². The van der Waals surface area contributed by atoms with Crippen molar-refractivity contribution in [3.05, 3.63) is 0 Å². The van der Waals surface area contributed by atoms with E-state index in [1.807, 2.05) is 6.92 Å². The van der Waals surface area contributed by atoms with E-state index in [0.29, 0.717) is 26.1 Å². The quantitative estimate of drug-likeness (QED) is 0.648. The Bertz CT molecular complexity index is 311. The molecule has 20 heavy (non-hydrogen) atoms. The fourth-order valence-corrected chi connectivity index (χ4v) is 2.11. The van der Waals surface area contributed by atoms with E-state index < -0.39 is 0 Å². The molecule has 1 aliphatic rings. The number of hydrogen-bond acceptors (Lipinski definition) is 5. The van der Waals surface area contributed by atoms with Crippen molar-refractivity contribution in [2.24, 2.45) is 0 Å². The molecule has 0 unspecified atom stereocenters. The zero-order valence-corrected chi connectivity index (χ0v) is 12.4. The average Bonchev–Trinajstić information content (AvgIpc) is 2.49. The number of nitriles is 1. The molecule has 0 atom stereocenters. The summed E-state index contributed by atoms with van der Waals surface area (Å²) in [6.07, 6.45) is 1.40. The van der Waals surface area contributed by atoms with Gasteiger partial charge in [0.25, 0.3) is 0 Å². The van der Waals surface area contributed by atoms with Gasteiger partial charge >= 0.3 is 0 Å². The van der Waals surface area contributed by atoms with Crippen LogP contribution in [0, 0.1) is 11.3 Å². The summed E-state index contributed by atoms with van der Waals surface area (Å²) < 4.78 is 5.32. The second kappa shape index (κ2) is 10.6. The monoisotopic (exact) mass is 282 g/mol. The van der Waals surface area contributed by atoms with Crippen molar-refractivity contribution in [1.29, 1.82) is 5.26 Å². The maximum atomic E-state index is 11.8. The highest BCUT2D eigenvalue weighted by atomic mass is 16.5. The number of carbonyl (C=O) groups excluding carboxylic acids is 1. The van der Waals surface area contributed by atoms with Crippen molar-refractivity contribution in [3.63, 3.8) is 0 Å². The van der Waals surface area contributed by atoms with Crippen LogP contribution in [-0.4, -0.2) is 74.7 Å². The van der Waals surface area contributed by atoms with Gasteiger partial charge in [-0.05, 0) is 6.42 Å². The number of amides is 1. The second-order valence-corrected chi connectivity index (χ2v) is 4.99. The molecule has 0 radical (unpaired) electrons. The Morgan fingerprint density at radius 3 is 2.80 bits per heavy atom. The molecule has 114 valence electrons. The number of morpholine rings is 1. The highest BCUT2D eigenvalue weighted by molar-refractivity contribution is 5.77. The van der Waals surface area contributed by atoms with E-state index in [4.69, 9.17) is 10.00 Å². The van der Waals surface area contributed by atoms with Gasteiger partial charge in [0.15, 0.2) is 0 Å². The minimum Gasteiger partial charge on any atom is -0.379 e. The molecule has 0 aromatic heterocycles. The molecular weight excluding hydrogens is 256 g/mol. The van der Waals surface area contributed by atoms with Crippen LogP contribution in [0.15, 0.2) is 0 Å². The number of nitrogens with one attached hydrogen (secondary N) is 1. The number of hydrogen-bond donors (Lipinski definition) is 1. The summed E-state index contributed by atoms with van der Waals surface area (Å²) >= 11 is 0. The van der Waals surface area contributed by atoms with Gasteiger partial charge in [0.2, 0.25) is 5.91 Å². The molecule has 6 nitrogen and oxygen atoms in total. The molecule has 0 saturated carbocycles. The largest absolute Gasteiger partial charge is 0.379 e. The van der Waals surface area contributed by atoms with Gasteiger partial charge < -0.3 is 10.1 Å². The molecule has 1 amide bonds. The highest BCUT2D eigenvalue weighted by Crippen LogP contribution is 1.98. The Morgan fingerprint density at radius 1 is 1.40 bits per heavy atom. The maximum absolute atomic E-state index is 11.8. The third kappa shape index (κ3) is 7.43. The second-order valence-electron chi connectivity index (χ2n) is 4.99. The number of carbonyl (C=O) groups is 1. The molecule has 0 aliphatic carbocycles. The number of rotatable bonds is 9. The van der Waals surface area contributed by atoms with Gasteiger partial charge in [0.1, 0.15) is 0 Å². The van der Waals surface area contributed by atoms with Gasteiger partial charge in [-0.25, -0.2) is 0 Å². The number of ether oxygens (including phenoxy) is 1. The fraction of sp³-hybridized carbons (Fsp3) is 0.857. The summed E-state index contributed by atoms with van der Waals surface area (Å²) in [6.45, 7) is 9.01. The molecular formula is C14H26N4O2. The summed E-state index contributed by atoms with van der Waals surface area (Å²) in [5, 5.41) is 11.6. The third-order valence-electron chi connectivity index (χ3n) is 3.32. The van der Waals surface area contributed by atoms with Gasteiger partial charge in [0, 0.05) is 45.7 Å². The average molecular weight is 282 g/mol. The molecule has 1 rings (SSSR count). The molecule has 0 aromatic rings. The van der Waals surface area contributed by atoms with Crippen LogP contribution in [0.2, 0.25) is 0 Å². The van der Waals surface area contributed by atoms with E-state index in [-0.39, 0.29) is 5.91 Å². The van der Waals surface area contributed by atoms with Crippen molar-refractivity contribution >= 4 is 5.91 Å². The molecule has 6 heteroatoms.